The van der Waals surface area contributed by atoms with Gasteiger partial charge in [0.2, 0.25) is 0 Å². The molecule has 6 nitrogen and oxygen atoms in total. The maximum atomic E-state index is 11.6. The SMILES string of the molecule is CC.O=C(O)C(CCc1ccccc1)Oc1ccc2nc3ccc(=O)cc-3oc2c1. The van der Waals surface area contributed by atoms with Gasteiger partial charge >= 0.3 is 5.97 Å². The highest BCUT2D eigenvalue weighted by molar-refractivity contribution is 5.78. The molecular weight excluding hydrogens is 382 g/mol. The van der Waals surface area contributed by atoms with Crippen LogP contribution >= 0.6 is 0 Å². The second-order valence-electron chi connectivity index (χ2n) is 6.44. The van der Waals surface area contributed by atoms with E-state index in [0.29, 0.717) is 41.1 Å². The zero-order valence-electron chi connectivity index (χ0n) is 16.9. The molecule has 1 aliphatic carbocycles. The van der Waals surface area contributed by atoms with Gasteiger partial charge in [-0.2, -0.15) is 0 Å². The summed E-state index contributed by atoms with van der Waals surface area (Å²) >= 11 is 0. The molecule has 6 heteroatoms. The van der Waals surface area contributed by atoms with Crippen molar-refractivity contribution in [2.45, 2.75) is 32.8 Å². The van der Waals surface area contributed by atoms with Gasteiger partial charge in [-0.3, -0.25) is 4.79 Å². The first kappa shape index (κ1) is 21.0. The lowest BCUT2D eigenvalue weighted by Crippen LogP contribution is -2.27. The van der Waals surface area contributed by atoms with E-state index in [9.17, 15) is 14.7 Å². The van der Waals surface area contributed by atoms with Crippen molar-refractivity contribution in [2.24, 2.45) is 0 Å². The average molecular weight is 405 g/mol. The predicted molar refractivity (Wildman–Crippen MR) is 115 cm³/mol. The van der Waals surface area contributed by atoms with Crippen LogP contribution in [0.5, 0.6) is 5.75 Å². The molecule has 0 amide bonds. The molecule has 1 N–H and O–H groups in total. The summed E-state index contributed by atoms with van der Waals surface area (Å²) in [6.45, 7) is 4.00. The fourth-order valence-corrected chi connectivity index (χ4v) is 3.00. The quantitative estimate of drug-likeness (QED) is 0.464. The number of aromatic nitrogens is 1. The van der Waals surface area contributed by atoms with Gasteiger partial charge in [0.1, 0.15) is 17.0 Å². The molecule has 154 valence electrons. The number of nitrogens with zero attached hydrogens (tertiary/aromatic N) is 1. The minimum Gasteiger partial charge on any atom is -0.479 e. The molecule has 0 radical (unpaired) electrons. The Morgan fingerprint density at radius 3 is 2.57 bits per heavy atom. The summed E-state index contributed by atoms with van der Waals surface area (Å²) in [5.74, 6) is -0.284. The highest BCUT2D eigenvalue weighted by atomic mass is 16.5. The van der Waals surface area contributed by atoms with E-state index in [1.807, 2.05) is 44.2 Å². The third-order valence-electron chi connectivity index (χ3n) is 4.42. The Labute approximate surface area is 174 Å². The van der Waals surface area contributed by atoms with Crippen molar-refractivity contribution >= 4 is 17.1 Å². The normalized spacial score (nSPS) is 11.5. The van der Waals surface area contributed by atoms with Gasteiger partial charge < -0.3 is 14.3 Å². The van der Waals surface area contributed by atoms with Gasteiger partial charge in [0, 0.05) is 12.1 Å². The van der Waals surface area contributed by atoms with Gasteiger partial charge in [-0.05, 0) is 42.7 Å². The monoisotopic (exact) mass is 405 g/mol. The van der Waals surface area contributed by atoms with Gasteiger partial charge in [-0.25, -0.2) is 9.78 Å². The van der Waals surface area contributed by atoms with Gasteiger partial charge in [-0.15, -0.1) is 0 Å². The summed E-state index contributed by atoms with van der Waals surface area (Å²) in [5, 5.41) is 9.50. The molecule has 0 fully saturated rings. The average Bonchev–Trinajstić information content (AvgIpc) is 2.77. The highest BCUT2D eigenvalue weighted by Gasteiger charge is 2.20. The zero-order valence-corrected chi connectivity index (χ0v) is 16.9. The Morgan fingerprint density at radius 1 is 1.07 bits per heavy atom. The van der Waals surface area contributed by atoms with E-state index in [0.717, 1.165) is 5.56 Å². The Morgan fingerprint density at radius 2 is 1.83 bits per heavy atom. The molecule has 2 aromatic rings. The van der Waals surface area contributed by atoms with E-state index >= 15 is 0 Å². The van der Waals surface area contributed by atoms with E-state index in [1.54, 1.807) is 24.3 Å². The molecule has 1 aliphatic heterocycles. The van der Waals surface area contributed by atoms with E-state index in [1.165, 1.54) is 12.1 Å². The third-order valence-corrected chi connectivity index (χ3v) is 4.42. The van der Waals surface area contributed by atoms with Crippen LogP contribution in [0.2, 0.25) is 0 Å². The van der Waals surface area contributed by atoms with Crippen molar-refractivity contribution in [3.63, 3.8) is 0 Å². The summed E-state index contributed by atoms with van der Waals surface area (Å²) < 4.78 is 11.4. The predicted octanol–water partition coefficient (Wildman–Crippen LogP) is 4.78. The molecule has 0 spiro atoms. The van der Waals surface area contributed by atoms with Crippen molar-refractivity contribution in [1.82, 2.24) is 4.98 Å². The summed E-state index contributed by atoms with van der Waals surface area (Å²) in [5.41, 5.74) is 2.47. The standard InChI is InChI=1S/C22H17NO5.C2H6/c24-15-7-9-17-20(12-15)28-21-13-16(8-10-18(21)23-17)27-19(22(25)26)11-6-14-4-2-1-3-5-14;1-2/h1-5,7-10,12-13,19H,6,11H2,(H,25,26);1-2H3. The number of benzene rings is 3. The maximum Gasteiger partial charge on any atom is 0.344 e. The van der Waals surface area contributed by atoms with E-state index in [2.05, 4.69) is 4.98 Å². The molecule has 0 bridgehead atoms. The molecule has 2 aromatic carbocycles. The Kier molecular flexibility index (Phi) is 6.80. The first-order valence-corrected chi connectivity index (χ1v) is 9.86. The first-order valence-electron chi connectivity index (χ1n) is 9.86. The number of fused-ring (bicyclic) bond motifs is 2. The number of hydrogen-bond donors (Lipinski definition) is 1. The van der Waals surface area contributed by atoms with E-state index < -0.39 is 12.1 Å². The first-order chi connectivity index (χ1) is 14.6. The van der Waals surface area contributed by atoms with Crippen LogP contribution in [-0.2, 0) is 11.2 Å². The zero-order chi connectivity index (χ0) is 21.5. The molecule has 30 heavy (non-hydrogen) atoms. The summed E-state index contributed by atoms with van der Waals surface area (Å²) in [6.07, 6.45) is -0.0579. The Hall–Kier alpha value is -3.67. The molecule has 0 saturated heterocycles. The number of hydrogen-bond acceptors (Lipinski definition) is 5. The minimum atomic E-state index is -1.03. The molecule has 1 atom stereocenters. The largest absolute Gasteiger partial charge is 0.479 e. The van der Waals surface area contributed by atoms with Crippen LogP contribution in [0, 0.1) is 0 Å². The van der Waals surface area contributed by atoms with Crippen molar-refractivity contribution in [3.8, 4) is 17.2 Å². The Balaban J connectivity index is 0.00000124. The van der Waals surface area contributed by atoms with E-state index in [-0.39, 0.29) is 5.43 Å². The molecule has 0 aromatic heterocycles. The second-order valence-corrected chi connectivity index (χ2v) is 6.44. The summed E-state index contributed by atoms with van der Waals surface area (Å²) in [6, 6.07) is 19.0. The highest BCUT2D eigenvalue weighted by Crippen LogP contribution is 2.27. The van der Waals surface area contributed by atoms with Gasteiger partial charge in [0.25, 0.3) is 0 Å². The number of carbonyl (C=O) groups is 1. The molecule has 1 unspecified atom stereocenters. The van der Waals surface area contributed by atoms with Crippen LogP contribution in [0.1, 0.15) is 25.8 Å². The van der Waals surface area contributed by atoms with Crippen molar-refractivity contribution in [2.75, 3.05) is 0 Å². The van der Waals surface area contributed by atoms with Crippen LogP contribution in [0.3, 0.4) is 0 Å². The fourth-order valence-electron chi connectivity index (χ4n) is 3.00. The molecular formula is C24H23NO5. The maximum absolute atomic E-state index is 11.6. The summed E-state index contributed by atoms with van der Waals surface area (Å²) in [7, 11) is 0. The summed E-state index contributed by atoms with van der Waals surface area (Å²) in [4.78, 5) is 27.6. The molecule has 0 saturated carbocycles. The van der Waals surface area contributed by atoms with E-state index in [4.69, 9.17) is 9.15 Å². The lowest BCUT2D eigenvalue weighted by atomic mass is 10.1. The second kappa shape index (κ2) is 9.69. The fraction of sp³-hybridized carbons (Fsp3) is 0.208. The van der Waals surface area contributed by atoms with Crippen LogP contribution in [-0.4, -0.2) is 22.2 Å². The Bertz CT molecular complexity index is 1150. The van der Waals surface area contributed by atoms with Gasteiger partial charge in [-0.1, -0.05) is 44.2 Å². The van der Waals surface area contributed by atoms with Crippen LogP contribution in [0.25, 0.3) is 22.6 Å². The van der Waals surface area contributed by atoms with Crippen molar-refractivity contribution < 1.29 is 19.1 Å². The number of rotatable bonds is 6. The third kappa shape index (κ3) is 5.03. The minimum absolute atomic E-state index is 0.170. The topological polar surface area (TPSA) is 89.6 Å². The van der Waals surface area contributed by atoms with Crippen LogP contribution in [0.4, 0.5) is 0 Å². The number of carboxylic acid groups (broad SMARTS) is 1. The van der Waals surface area contributed by atoms with Crippen LogP contribution in [0.15, 0.2) is 75.9 Å². The van der Waals surface area contributed by atoms with Crippen LogP contribution < -0.4 is 10.2 Å². The smallest absolute Gasteiger partial charge is 0.344 e. The molecule has 2 aliphatic rings. The van der Waals surface area contributed by atoms with Crippen molar-refractivity contribution in [3.05, 3.63) is 82.5 Å². The lowest BCUT2D eigenvalue weighted by molar-refractivity contribution is -0.145. The van der Waals surface area contributed by atoms with Crippen molar-refractivity contribution in [1.29, 1.82) is 0 Å². The molecule has 4 rings (SSSR count). The molecule has 1 heterocycles. The number of aryl methyl sites for hydroxylation is 1. The number of aliphatic carboxylic acids is 1. The number of ether oxygens (including phenoxy) is 1. The van der Waals surface area contributed by atoms with Gasteiger partial charge in [0.15, 0.2) is 22.9 Å². The van der Waals surface area contributed by atoms with Gasteiger partial charge in [0.05, 0.1) is 0 Å². The lowest BCUT2D eigenvalue weighted by Gasteiger charge is -2.15. The number of carboxylic acids is 1.